The zero-order valence-electron chi connectivity index (χ0n) is 38.3. The highest BCUT2D eigenvalue weighted by Gasteiger charge is 2.78. The van der Waals surface area contributed by atoms with Gasteiger partial charge in [0, 0.05) is 42.7 Å². The number of hydrogen-bond acceptors (Lipinski definition) is 14. The van der Waals surface area contributed by atoms with E-state index in [1.807, 2.05) is 0 Å². The van der Waals surface area contributed by atoms with Gasteiger partial charge in [-0.05, 0) is 75.1 Å². The normalized spacial score (nSPS) is 34.3. The van der Waals surface area contributed by atoms with Crippen molar-refractivity contribution in [1.29, 1.82) is 0 Å². The van der Waals surface area contributed by atoms with Gasteiger partial charge < -0.3 is 43.6 Å². The number of Topliss-reactive ketones (excluding diaryl/α,β-unsaturated/α-hetero) is 1. The van der Waals surface area contributed by atoms with Gasteiger partial charge in [-0.25, -0.2) is 14.0 Å². The van der Waals surface area contributed by atoms with Crippen LogP contribution in [0.4, 0.5) is 4.39 Å². The van der Waals surface area contributed by atoms with E-state index in [4.69, 9.17) is 28.1 Å². The number of benzene rings is 1. The Kier molecular flexibility index (Phi) is 12.5. The zero-order valence-corrected chi connectivity index (χ0v) is 38.3. The first-order valence-corrected chi connectivity index (χ1v) is 22.9. The van der Waals surface area contributed by atoms with Crippen LogP contribution in [-0.4, -0.2) is 126 Å². The van der Waals surface area contributed by atoms with Crippen LogP contribution in [0.15, 0.2) is 64.3 Å². The molecule has 5 fully saturated rings. The average molecular weight is 907 g/mol. The summed E-state index contributed by atoms with van der Waals surface area (Å²) in [6, 6.07) is 9.71. The van der Waals surface area contributed by atoms with E-state index in [9.17, 15) is 29.4 Å². The SMILES string of the molecule is CC1=C2C(CCN3CCOCC3)C(=O)[C@]3(C)[C@H](F)C[C@H]4OC[C@@]4(OC(=O)C4CC4)[C@H]3[C@H](OC(=O)c3ccccc3)[C@](O)(C[C@@H]1OC(=O)[C@H](O)[C@@H](NC(=O)C(C)(C)C)c1ccco1)C2(C)C. The number of morpholine rings is 1. The number of carbonyl (C=O) groups is 5. The van der Waals surface area contributed by atoms with E-state index in [1.165, 1.54) is 31.4 Å². The second-order valence-electron chi connectivity index (χ2n) is 20.7. The lowest BCUT2D eigenvalue weighted by Gasteiger charge is -2.67. The number of nitrogens with one attached hydrogen (secondary N) is 1. The summed E-state index contributed by atoms with van der Waals surface area (Å²) in [5.74, 6) is -6.52. The molecule has 16 heteroatoms. The Bertz CT molecular complexity index is 2180. The summed E-state index contributed by atoms with van der Waals surface area (Å²) in [5.41, 5.74) is -7.49. The third-order valence-electron chi connectivity index (χ3n) is 15.3. The molecule has 6 aliphatic rings. The minimum Gasteiger partial charge on any atom is -0.467 e. The largest absolute Gasteiger partial charge is 0.467 e. The Morgan fingerprint density at radius 1 is 1.02 bits per heavy atom. The molecule has 3 heterocycles. The summed E-state index contributed by atoms with van der Waals surface area (Å²) in [7, 11) is 0. The molecule has 2 aromatic rings. The van der Waals surface area contributed by atoms with Crippen molar-refractivity contribution in [3.8, 4) is 0 Å². The summed E-state index contributed by atoms with van der Waals surface area (Å²) in [6.45, 7) is 14.0. The molecular formula is C49H63FN2O13. The number of alkyl halides is 1. The predicted molar refractivity (Wildman–Crippen MR) is 229 cm³/mol. The van der Waals surface area contributed by atoms with E-state index in [1.54, 1.807) is 65.8 Å². The first-order valence-electron chi connectivity index (χ1n) is 22.9. The van der Waals surface area contributed by atoms with E-state index < -0.39 is 118 Å². The van der Waals surface area contributed by atoms with Crippen LogP contribution in [0.25, 0.3) is 0 Å². The summed E-state index contributed by atoms with van der Waals surface area (Å²) in [4.78, 5) is 74.2. The number of amides is 1. The maximum atomic E-state index is 17.6. The van der Waals surface area contributed by atoms with Gasteiger partial charge in [-0.1, -0.05) is 52.8 Å². The van der Waals surface area contributed by atoms with Gasteiger partial charge in [-0.3, -0.25) is 19.3 Å². The van der Waals surface area contributed by atoms with Gasteiger partial charge in [0.2, 0.25) is 5.91 Å². The summed E-state index contributed by atoms with van der Waals surface area (Å²) in [5, 5.41) is 28.4. The Balaban J connectivity index is 1.29. The van der Waals surface area contributed by atoms with Crippen LogP contribution < -0.4 is 5.32 Å². The Morgan fingerprint density at radius 2 is 1.71 bits per heavy atom. The average Bonchev–Trinajstić information content (AvgIpc) is 3.99. The van der Waals surface area contributed by atoms with Crippen molar-refractivity contribution in [1.82, 2.24) is 10.2 Å². The van der Waals surface area contributed by atoms with Crippen molar-refractivity contribution in [3.63, 3.8) is 0 Å². The summed E-state index contributed by atoms with van der Waals surface area (Å²) < 4.78 is 54.0. The Morgan fingerprint density at radius 3 is 2.31 bits per heavy atom. The minimum absolute atomic E-state index is 0.0815. The van der Waals surface area contributed by atoms with Crippen molar-refractivity contribution < 1.29 is 66.7 Å². The fraction of sp³-hybridized carbons (Fsp3) is 0.653. The maximum Gasteiger partial charge on any atom is 0.338 e. The highest BCUT2D eigenvalue weighted by Crippen LogP contribution is 2.66. The van der Waals surface area contributed by atoms with Crippen LogP contribution in [0.1, 0.15) is 103 Å². The molecule has 0 spiro atoms. The molecule has 1 unspecified atom stereocenters. The molecule has 1 amide bonds. The van der Waals surface area contributed by atoms with Crippen molar-refractivity contribution >= 4 is 29.6 Å². The fourth-order valence-corrected chi connectivity index (χ4v) is 11.2. The van der Waals surface area contributed by atoms with Gasteiger partial charge in [0.05, 0.1) is 48.9 Å². The molecule has 15 nitrogen and oxygen atoms in total. The van der Waals surface area contributed by atoms with Crippen molar-refractivity contribution in [3.05, 3.63) is 71.2 Å². The van der Waals surface area contributed by atoms with E-state index in [0.29, 0.717) is 56.8 Å². The lowest BCUT2D eigenvalue weighted by molar-refractivity contribution is -0.341. The van der Waals surface area contributed by atoms with Crippen molar-refractivity contribution in [2.24, 2.45) is 34.0 Å². The third kappa shape index (κ3) is 8.14. The monoisotopic (exact) mass is 906 g/mol. The van der Waals surface area contributed by atoms with Crippen LogP contribution in [0.3, 0.4) is 0 Å². The first kappa shape index (κ1) is 47.0. The van der Waals surface area contributed by atoms with Gasteiger partial charge >= 0.3 is 17.9 Å². The molecule has 1 aromatic heterocycles. The fourth-order valence-electron chi connectivity index (χ4n) is 11.2. The topological polar surface area (TPSA) is 200 Å². The van der Waals surface area contributed by atoms with Gasteiger partial charge in [-0.2, -0.15) is 0 Å². The van der Waals surface area contributed by atoms with E-state index in [2.05, 4.69) is 10.2 Å². The van der Waals surface area contributed by atoms with Gasteiger partial charge in [0.15, 0.2) is 11.7 Å². The standard InChI is InChI=1S/C49H63FN2O13/c1-27-32(63-43(57)37(53)36(31-14-11-21-61-31)51-44(58)45(2,3)4)25-49(59)40(64-41(55)28-12-9-8-10-13-28)38-47(7,33(50)24-34-48(38,26-62-34)65-42(56)29-15-16-29)39(54)30(35(27)46(49,5)6)17-18-52-19-22-60-23-20-52/h8-14,21,29-30,32-34,36-38,40,53,59H,15-20,22-26H2,1-7H3,(H,51,58)/t30?,32-,33+,34+,36-,37+,38-,40-,47+,48-,49+/m0/s1. The van der Waals surface area contributed by atoms with Gasteiger partial charge in [0.1, 0.15) is 47.7 Å². The van der Waals surface area contributed by atoms with E-state index >= 15 is 9.18 Å². The summed E-state index contributed by atoms with van der Waals surface area (Å²) in [6.07, 6.45) is -6.12. The number of aliphatic hydroxyl groups is 2. The molecule has 354 valence electrons. The quantitative estimate of drug-likeness (QED) is 0.149. The molecule has 1 aromatic carbocycles. The number of aliphatic hydroxyl groups excluding tert-OH is 1. The van der Waals surface area contributed by atoms with Gasteiger partial charge in [0.25, 0.3) is 0 Å². The van der Waals surface area contributed by atoms with Gasteiger partial charge in [-0.15, -0.1) is 0 Å². The highest BCUT2D eigenvalue weighted by atomic mass is 19.1. The number of furan rings is 1. The molecule has 8 rings (SSSR count). The van der Waals surface area contributed by atoms with E-state index in [0.717, 1.165) is 0 Å². The number of nitrogens with zero attached hydrogens (tertiary/aromatic N) is 1. The zero-order chi connectivity index (χ0) is 46.9. The molecule has 3 N–H and O–H groups in total. The third-order valence-corrected chi connectivity index (χ3v) is 15.3. The number of halogens is 1. The Labute approximate surface area is 378 Å². The second kappa shape index (κ2) is 17.3. The van der Waals surface area contributed by atoms with Crippen molar-refractivity contribution in [2.45, 2.75) is 128 Å². The molecule has 0 radical (unpaired) electrons. The molecule has 2 bridgehead atoms. The number of rotatable bonds is 12. The highest BCUT2D eigenvalue weighted by molar-refractivity contribution is 5.93. The number of ketones is 1. The van der Waals surface area contributed by atoms with Crippen LogP contribution in [0, 0.1) is 34.0 Å². The maximum absolute atomic E-state index is 17.6. The molecule has 11 atom stereocenters. The van der Waals surface area contributed by atoms with Crippen LogP contribution >= 0.6 is 0 Å². The molecule has 2 saturated heterocycles. The number of fused-ring (bicyclic) bond motifs is 5. The smallest absolute Gasteiger partial charge is 0.338 e. The molecule has 4 aliphatic carbocycles. The molecule has 65 heavy (non-hydrogen) atoms. The number of esters is 3. The van der Waals surface area contributed by atoms with Crippen LogP contribution in [-0.2, 0) is 42.9 Å². The molecular weight excluding hydrogens is 844 g/mol. The van der Waals surface area contributed by atoms with Crippen LogP contribution in [0.2, 0.25) is 0 Å². The number of ether oxygens (including phenoxy) is 5. The minimum atomic E-state index is -2.27. The number of hydrogen-bond donors (Lipinski definition) is 3. The first-order chi connectivity index (χ1) is 30.6. The van der Waals surface area contributed by atoms with E-state index in [-0.39, 0.29) is 30.8 Å². The van der Waals surface area contributed by atoms with Crippen LogP contribution in [0.5, 0.6) is 0 Å². The number of carbonyl (C=O) groups excluding carboxylic acids is 5. The molecule has 2 aliphatic heterocycles. The molecule has 3 saturated carbocycles. The lowest BCUT2D eigenvalue weighted by atomic mass is 9.43. The predicted octanol–water partition coefficient (Wildman–Crippen LogP) is 4.84. The summed E-state index contributed by atoms with van der Waals surface area (Å²) >= 11 is 0. The lowest BCUT2D eigenvalue weighted by Crippen LogP contribution is -2.81. The van der Waals surface area contributed by atoms with Crippen molar-refractivity contribution in [2.75, 3.05) is 39.5 Å². The Hall–Kier alpha value is -4.48. The second-order valence-corrected chi connectivity index (χ2v) is 20.7.